The molecule has 2 heterocycles. The number of thiazole rings is 1. The summed E-state index contributed by atoms with van der Waals surface area (Å²) in [6.45, 7) is 1.45. The van der Waals surface area contributed by atoms with Crippen LogP contribution in [0, 0.1) is 11.6 Å². The summed E-state index contributed by atoms with van der Waals surface area (Å²) in [5.74, 6) is -1.19. The van der Waals surface area contributed by atoms with Crippen molar-refractivity contribution in [3.63, 3.8) is 0 Å². The molecular formula is C12H12F2N2OS. The molecule has 0 bridgehead atoms. The van der Waals surface area contributed by atoms with Gasteiger partial charge in [0.25, 0.3) is 0 Å². The second kappa shape index (κ2) is 4.78. The molecule has 1 atom stereocenters. The van der Waals surface area contributed by atoms with Gasteiger partial charge < -0.3 is 10.1 Å². The van der Waals surface area contributed by atoms with Gasteiger partial charge in [-0.1, -0.05) is 11.3 Å². The van der Waals surface area contributed by atoms with E-state index < -0.39 is 11.6 Å². The van der Waals surface area contributed by atoms with E-state index in [-0.39, 0.29) is 11.6 Å². The monoisotopic (exact) mass is 270 g/mol. The highest BCUT2D eigenvalue weighted by atomic mass is 32.1. The molecule has 1 fully saturated rings. The molecule has 96 valence electrons. The van der Waals surface area contributed by atoms with Crippen LogP contribution in [0.4, 0.5) is 13.9 Å². The molecule has 1 aromatic heterocycles. The van der Waals surface area contributed by atoms with Crippen molar-refractivity contribution in [2.75, 3.05) is 18.5 Å². The fourth-order valence-corrected chi connectivity index (χ4v) is 2.95. The molecule has 1 aromatic carbocycles. The lowest BCUT2D eigenvalue weighted by Crippen LogP contribution is -2.18. The number of halogens is 2. The Balaban J connectivity index is 1.78. The van der Waals surface area contributed by atoms with E-state index in [1.165, 1.54) is 17.4 Å². The maximum Gasteiger partial charge on any atom is 0.183 e. The van der Waals surface area contributed by atoms with Crippen LogP contribution in [-0.2, 0) is 4.74 Å². The summed E-state index contributed by atoms with van der Waals surface area (Å²) in [6.07, 6.45) is 2.30. The Bertz CT molecular complexity index is 566. The molecule has 3 rings (SSSR count). The highest BCUT2D eigenvalue weighted by Crippen LogP contribution is 2.28. The molecule has 0 saturated carbocycles. The summed E-state index contributed by atoms with van der Waals surface area (Å²) >= 11 is 1.25. The van der Waals surface area contributed by atoms with E-state index >= 15 is 0 Å². The SMILES string of the molecule is Fc1cc(F)c2nc(NC[C@@H]3CCCO3)sc2c1. The Hall–Kier alpha value is -1.27. The van der Waals surface area contributed by atoms with Crippen LogP contribution in [0.3, 0.4) is 0 Å². The topological polar surface area (TPSA) is 34.2 Å². The van der Waals surface area contributed by atoms with Gasteiger partial charge in [0.05, 0.1) is 10.8 Å². The first-order chi connectivity index (χ1) is 8.72. The number of hydrogen-bond acceptors (Lipinski definition) is 4. The van der Waals surface area contributed by atoms with Gasteiger partial charge in [0.15, 0.2) is 10.9 Å². The summed E-state index contributed by atoms with van der Waals surface area (Å²) in [4.78, 5) is 4.12. The number of rotatable bonds is 3. The molecule has 3 nitrogen and oxygen atoms in total. The molecule has 2 aromatic rings. The largest absolute Gasteiger partial charge is 0.376 e. The molecule has 0 spiro atoms. The predicted molar refractivity (Wildman–Crippen MR) is 67.0 cm³/mol. The molecule has 6 heteroatoms. The molecule has 1 aliphatic heterocycles. The minimum atomic E-state index is -0.619. The minimum Gasteiger partial charge on any atom is -0.376 e. The van der Waals surface area contributed by atoms with Crippen LogP contribution in [0.1, 0.15) is 12.8 Å². The molecule has 0 aliphatic carbocycles. The molecule has 1 aliphatic rings. The van der Waals surface area contributed by atoms with Crippen LogP contribution in [0.15, 0.2) is 12.1 Å². The maximum atomic E-state index is 13.5. The van der Waals surface area contributed by atoms with E-state index in [0.29, 0.717) is 16.4 Å². The van der Waals surface area contributed by atoms with E-state index in [1.54, 1.807) is 0 Å². The first-order valence-electron chi connectivity index (χ1n) is 5.83. The number of anilines is 1. The van der Waals surface area contributed by atoms with E-state index in [9.17, 15) is 8.78 Å². The van der Waals surface area contributed by atoms with E-state index in [4.69, 9.17) is 4.74 Å². The third-order valence-corrected chi connectivity index (χ3v) is 3.88. The van der Waals surface area contributed by atoms with E-state index in [0.717, 1.165) is 25.5 Å². The lowest BCUT2D eigenvalue weighted by atomic mass is 10.2. The average molecular weight is 270 g/mol. The standard InChI is InChI=1S/C12H12F2N2OS/c13-7-4-9(14)11-10(5-7)18-12(16-11)15-6-8-2-1-3-17-8/h4-5,8H,1-3,6H2,(H,15,16)/t8-/m0/s1. The third kappa shape index (κ3) is 2.30. The van der Waals surface area contributed by atoms with Gasteiger partial charge in [-0.25, -0.2) is 13.8 Å². The highest BCUT2D eigenvalue weighted by molar-refractivity contribution is 7.22. The fourth-order valence-electron chi connectivity index (χ4n) is 2.04. The number of fused-ring (bicyclic) bond motifs is 1. The number of benzene rings is 1. The van der Waals surface area contributed by atoms with Crippen LogP contribution in [-0.4, -0.2) is 24.2 Å². The lowest BCUT2D eigenvalue weighted by molar-refractivity contribution is 0.120. The third-order valence-electron chi connectivity index (χ3n) is 2.92. The van der Waals surface area contributed by atoms with Crippen molar-refractivity contribution in [2.24, 2.45) is 0 Å². The summed E-state index contributed by atoms with van der Waals surface area (Å²) in [5, 5.41) is 3.72. The van der Waals surface area contributed by atoms with Crippen molar-refractivity contribution >= 4 is 26.7 Å². The van der Waals surface area contributed by atoms with Crippen LogP contribution in [0.2, 0.25) is 0 Å². The zero-order valence-electron chi connectivity index (χ0n) is 9.58. The summed E-state index contributed by atoms with van der Waals surface area (Å²) in [7, 11) is 0. The summed E-state index contributed by atoms with van der Waals surface area (Å²) in [6, 6.07) is 2.15. The molecule has 1 saturated heterocycles. The van der Waals surface area contributed by atoms with Crippen molar-refractivity contribution in [2.45, 2.75) is 18.9 Å². The zero-order valence-corrected chi connectivity index (χ0v) is 10.4. The average Bonchev–Trinajstić information content (AvgIpc) is 2.93. The van der Waals surface area contributed by atoms with Crippen LogP contribution in [0.25, 0.3) is 10.2 Å². The Labute approximate surface area is 107 Å². The van der Waals surface area contributed by atoms with Gasteiger partial charge in [-0.15, -0.1) is 0 Å². The van der Waals surface area contributed by atoms with Crippen LogP contribution in [0.5, 0.6) is 0 Å². The van der Waals surface area contributed by atoms with Crippen molar-refractivity contribution in [3.05, 3.63) is 23.8 Å². The molecule has 18 heavy (non-hydrogen) atoms. The van der Waals surface area contributed by atoms with Gasteiger partial charge in [-0.3, -0.25) is 0 Å². The van der Waals surface area contributed by atoms with Gasteiger partial charge in [0.1, 0.15) is 11.3 Å². The van der Waals surface area contributed by atoms with E-state index in [2.05, 4.69) is 10.3 Å². The Morgan fingerprint density at radius 1 is 1.44 bits per heavy atom. The van der Waals surface area contributed by atoms with Crippen LogP contribution >= 0.6 is 11.3 Å². The second-order valence-corrected chi connectivity index (χ2v) is 5.30. The van der Waals surface area contributed by atoms with Crippen molar-refractivity contribution in [1.82, 2.24) is 4.98 Å². The summed E-state index contributed by atoms with van der Waals surface area (Å²) in [5.41, 5.74) is 0.219. The van der Waals surface area contributed by atoms with Crippen LogP contribution < -0.4 is 5.32 Å². The number of ether oxygens (including phenoxy) is 1. The highest BCUT2D eigenvalue weighted by Gasteiger charge is 2.16. The van der Waals surface area contributed by atoms with Crippen molar-refractivity contribution < 1.29 is 13.5 Å². The molecule has 0 amide bonds. The van der Waals surface area contributed by atoms with Gasteiger partial charge in [0.2, 0.25) is 0 Å². The van der Waals surface area contributed by atoms with Gasteiger partial charge >= 0.3 is 0 Å². The number of nitrogens with one attached hydrogen (secondary N) is 1. The Morgan fingerprint density at radius 2 is 2.33 bits per heavy atom. The van der Waals surface area contributed by atoms with Gasteiger partial charge in [0, 0.05) is 19.2 Å². The summed E-state index contributed by atoms with van der Waals surface area (Å²) < 4.78 is 32.5. The molecule has 1 N–H and O–H groups in total. The maximum absolute atomic E-state index is 13.5. The predicted octanol–water partition coefficient (Wildman–Crippen LogP) is 3.17. The first-order valence-corrected chi connectivity index (χ1v) is 6.65. The van der Waals surface area contributed by atoms with Crippen molar-refractivity contribution in [3.8, 4) is 0 Å². The number of hydrogen-bond donors (Lipinski definition) is 1. The van der Waals surface area contributed by atoms with Gasteiger partial charge in [-0.2, -0.15) is 0 Å². The smallest absolute Gasteiger partial charge is 0.183 e. The quantitative estimate of drug-likeness (QED) is 0.930. The van der Waals surface area contributed by atoms with Crippen molar-refractivity contribution in [1.29, 1.82) is 0 Å². The second-order valence-electron chi connectivity index (χ2n) is 4.27. The molecular weight excluding hydrogens is 258 g/mol. The Morgan fingerprint density at radius 3 is 3.11 bits per heavy atom. The minimum absolute atomic E-state index is 0.193. The fraction of sp³-hybridized carbons (Fsp3) is 0.417. The first kappa shape index (κ1) is 11.8. The normalized spacial score (nSPS) is 19.6. The molecule has 0 radical (unpaired) electrons. The number of nitrogens with zero attached hydrogens (tertiary/aromatic N) is 1. The molecule has 0 unspecified atom stereocenters. The Kier molecular flexibility index (Phi) is 3.13. The number of aromatic nitrogens is 1. The van der Waals surface area contributed by atoms with Gasteiger partial charge in [-0.05, 0) is 18.9 Å². The lowest BCUT2D eigenvalue weighted by Gasteiger charge is -2.08. The van der Waals surface area contributed by atoms with E-state index in [1.807, 2.05) is 0 Å². The zero-order chi connectivity index (χ0) is 12.5.